The molecule has 1 nitrogen and oxygen atoms in total. The van der Waals surface area contributed by atoms with E-state index < -0.39 is 8.80 Å². The average molecular weight is 341 g/mol. The predicted molar refractivity (Wildman–Crippen MR) is 103 cm³/mol. The third kappa shape index (κ3) is 5.25. The summed E-state index contributed by atoms with van der Waals surface area (Å²) >= 11 is 0. The number of piperidine rings is 1. The van der Waals surface area contributed by atoms with Gasteiger partial charge in [-0.15, -0.1) is 18.0 Å². The molecular weight excluding hydrogens is 318 g/mol. The first-order chi connectivity index (χ1) is 10.9. The van der Waals surface area contributed by atoms with E-state index in [1.54, 1.807) is 0 Å². The molecule has 1 heterocycles. The summed E-state index contributed by atoms with van der Waals surface area (Å²) in [4.78, 5) is 2.49. The van der Waals surface area contributed by atoms with Gasteiger partial charge in [0.2, 0.25) is 8.80 Å². The summed E-state index contributed by atoms with van der Waals surface area (Å²) in [6.45, 7) is 3.36. The second-order valence-electron chi connectivity index (χ2n) is 5.75. The Morgan fingerprint density at radius 2 is 1.30 bits per heavy atom. The fraction of sp³-hybridized carbons (Fsp3) is 0.300. The molecule has 0 amide bonds. The van der Waals surface area contributed by atoms with Gasteiger partial charge in [0.15, 0.2) is 0 Å². The molecule has 0 aromatic heterocycles. The summed E-state index contributed by atoms with van der Waals surface area (Å²) in [6, 6.07) is 21.5. The molecule has 1 saturated heterocycles. The van der Waals surface area contributed by atoms with E-state index in [0.29, 0.717) is 0 Å². The molecule has 0 N–H and O–H groups in total. The molecule has 3 heteroatoms. The van der Waals surface area contributed by atoms with Gasteiger partial charge in [-0.2, -0.15) is 0 Å². The van der Waals surface area contributed by atoms with E-state index in [-0.39, 0.29) is 12.4 Å². The van der Waals surface area contributed by atoms with Crippen LogP contribution in [0.3, 0.4) is 0 Å². The normalized spacial score (nSPS) is 14.7. The van der Waals surface area contributed by atoms with Gasteiger partial charge in [0.25, 0.3) is 0 Å². The Hall–Kier alpha value is -1.53. The van der Waals surface area contributed by atoms with Crippen LogP contribution in [-0.4, -0.2) is 33.3 Å². The molecule has 0 aliphatic carbocycles. The fourth-order valence-electron chi connectivity index (χ4n) is 2.88. The van der Waals surface area contributed by atoms with Crippen LogP contribution >= 0.6 is 12.4 Å². The van der Waals surface area contributed by atoms with Crippen molar-refractivity contribution in [1.82, 2.24) is 4.90 Å². The number of likely N-dealkylation sites (tertiary alicyclic amines) is 1. The zero-order chi connectivity index (χ0) is 15.0. The molecule has 0 spiro atoms. The van der Waals surface area contributed by atoms with Gasteiger partial charge in [-0.3, -0.25) is 4.90 Å². The first-order valence-electron chi connectivity index (χ1n) is 8.12. The highest BCUT2D eigenvalue weighted by atomic mass is 35.5. The highest BCUT2D eigenvalue weighted by Gasteiger charge is 2.14. The van der Waals surface area contributed by atoms with Gasteiger partial charge in [-0.25, -0.2) is 0 Å². The summed E-state index contributed by atoms with van der Waals surface area (Å²) in [6.07, 6.45) is 4.04. The highest BCUT2D eigenvalue weighted by molar-refractivity contribution is 6.91. The summed E-state index contributed by atoms with van der Waals surface area (Å²) in [7, 11) is -0.988. The molecule has 2 aromatic carbocycles. The molecule has 1 aliphatic rings. The van der Waals surface area contributed by atoms with Crippen LogP contribution in [0.1, 0.15) is 19.3 Å². The molecule has 1 aliphatic heterocycles. The third-order valence-corrected chi connectivity index (χ3v) is 6.34. The third-order valence-electron chi connectivity index (χ3n) is 4.09. The number of halogens is 1. The standard InChI is InChI=1S/C20H22NSi.ClH/c1-4-11-19(12-5-1)22(20-13-6-2-7-14-20)18-10-17-21-15-8-3-9-16-21;/h1-2,4-7,11-14H,3,8-9,15-17H2;1H. The lowest BCUT2D eigenvalue weighted by molar-refractivity contribution is 0.255. The molecule has 119 valence electrons. The van der Waals surface area contributed by atoms with Crippen LogP contribution in [0.5, 0.6) is 0 Å². The molecule has 1 fully saturated rings. The van der Waals surface area contributed by atoms with Gasteiger partial charge >= 0.3 is 0 Å². The van der Waals surface area contributed by atoms with Crippen LogP contribution in [0.4, 0.5) is 0 Å². The van der Waals surface area contributed by atoms with E-state index in [0.717, 1.165) is 6.54 Å². The molecule has 23 heavy (non-hydrogen) atoms. The predicted octanol–water partition coefficient (Wildman–Crippen LogP) is 2.75. The summed E-state index contributed by atoms with van der Waals surface area (Å²) in [5.74, 6) is 3.47. The van der Waals surface area contributed by atoms with E-state index in [2.05, 4.69) is 77.0 Å². The average Bonchev–Trinajstić information content (AvgIpc) is 2.61. The largest absolute Gasteiger partial charge is 0.292 e. The molecule has 0 saturated carbocycles. The Kier molecular flexibility index (Phi) is 7.41. The minimum Gasteiger partial charge on any atom is -0.292 e. The lowest BCUT2D eigenvalue weighted by atomic mass is 10.1. The topological polar surface area (TPSA) is 3.24 Å². The molecule has 0 atom stereocenters. The molecule has 0 bridgehead atoms. The van der Waals surface area contributed by atoms with Crippen molar-refractivity contribution in [3.8, 4) is 11.5 Å². The van der Waals surface area contributed by atoms with E-state index in [4.69, 9.17) is 0 Å². The van der Waals surface area contributed by atoms with Crippen LogP contribution in [0, 0.1) is 11.5 Å². The molecule has 1 radical (unpaired) electrons. The van der Waals surface area contributed by atoms with Crippen molar-refractivity contribution in [2.24, 2.45) is 0 Å². The monoisotopic (exact) mass is 340 g/mol. The van der Waals surface area contributed by atoms with Crippen molar-refractivity contribution in [1.29, 1.82) is 0 Å². The van der Waals surface area contributed by atoms with Gasteiger partial charge in [0, 0.05) is 0 Å². The van der Waals surface area contributed by atoms with Crippen molar-refractivity contribution >= 4 is 31.6 Å². The van der Waals surface area contributed by atoms with Crippen LogP contribution in [-0.2, 0) is 0 Å². The molecule has 2 aromatic rings. The number of hydrogen-bond donors (Lipinski definition) is 0. The van der Waals surface area contributed by atoms with Gasteiger partial charge in [-0.05, 0) is 36.3 Å². The Morgan fingerprint density at radius 3 is 1.83 bits per heavy atom. The van der Waals surface area contributed by atoms with Crippen molar-refractivity contribution in [3.63, 3.8) is 0 Å². The van der Waals surface area contributed by atoms with E-state index in [1.807, 2.05) is 0 Å². The van der Waals surface area contributed by atoms with Crippen LogP contribution in [0.2, 0.25) is 0 Å². The number of nitrogens with zero attached hydrogens (tertiary/aromatic N) is 1. The summed E-state index contributed by atoms with van der Waals surface area (Å²) < 4.78 is 0. The van der Waals surface area contributed by atoms with Crippen molar-refractivity contribution in [3.05, 3.63) is 60.7 Å². The minimum absolute atomic E-state index is 0. The van der Waals surface area contributed by atoms with E-state index in [1.165, 1.54) is 42.7 Å². The fourth-order valence-corrected chi connectivity index (χ4v) is 4.81. The maximum absolute atomic E-state index is 3.61. The number of hydrogen-bond acceptors (Lipinski definition) is 1. The second-order valence-corrected chi connectivity index (χ2v) is 7.90. The first kappa shape index (κ1) is 17.8. The van der Waals surface area contributed by atoms with Crippen molar-refractivity contribution in [2.45, 2.75) is 19.3 Å². The number of benzene rings is 2. The zero-order valence-corrected chi connectivity index (χ0v) is 15.2. The Balaban J connectivity index is 0.00000192. The summed E-state index contributed by atoms with van der Waals surface area (Å²) in [5, 5.41) is 2.76. The molecule has 0 unspecified atom stereocenters. The van der Waals surface area contributed by atoms with Gasteiger partial charge in [0.1, 0.15) is 0 Å². The van der Waals surface area contributed by atoms with E-state index in [9.17, 15) is 0 Å². The maximum atomic E-state index is 3.61. The maximum Gasteiger partial charge on any atom is 0.213 e. The summed E-state index contributed by atoms with van der Waals surface area (Å²) in [5.41, 5.74) is 3.61. The Labute approximate surface area is 147 Å². The minimum atomic E-state index is -0.988. The van der Waals surface area contributed by atoms with Gasteiger partial charge < -0.3 is 0 Å². The first-order valence-corrected chi connectivity index (χ1v) is 9.62. The quantitative estimate of drug-likeness (QED) is 0.613. The second kappa shape index (κ2) is 9.57. The lowest BCUT2D eigenvalue weighted by Gasteiger charge is -2.24. The van der Waals surface area contributed by atoms with Crippen LogP contribution < -0.4 is 10.4 Å². The highest BCUT2D eigenvalue weighted by Crippen LogP contribution is 2.07. The SMILES string of the molecule is C(#C[Si](c1ccccc1)c1ccccc1)CN1CCCCC1.Cl. The zero-order valence-electron chi connectivity index (χ0n) is 13.4. The van der Waals surface area contributed by atoms with Crippen molar-refractivity contribution < 1.29 is 0 Å². The van der Waals surface area contributed by atoms with E-state index >= 15 is 0 Å². The Morgan fingerprint density at radius 1 is 0.783 bits per heavy atom. The van der Waals surface area contributed by atoms with Crippen LogP contribution in [0.25, 0.3) is 0 Å². The van der Waals surface area contributed by atoms with Gasteiger partial charge in [-0.1, -0.05) is 73.0 Å². The van der Waals surface area contributed by atoms with Gasteiger partial charge in [0.05, 0.1) is 6.54 Å². The Bertz CT molecular complexity index is 587. The van der Waals surface area contributed by atoms with Crippen molar-refractivity contribution in [2.75, 3.05) is 19.6 Å². The molecular formula is C20H23ClNSi. The lowest BCUT2D eigenvalue weighted by Crippen LogP contribution is -2.41. The molecule has 3 rings (SSSR count). The smallest absolute Gasteiger partial charge is 0.213 e. The number of rotatable bonds is 3. The van der Waals surface area contributed by atoms with Crippen LogP contribution in [0.15, 0.2) is 60.7 Å².